The van der Waals surface area contributed by atoms with Gasteiger partial charge in [0.25, 0.3) is 0 Å². The zero-order valence-electron chi connectivity index (χ0n) is 13.5. The van der Waals surface area contributed by atoms with Crippen molar-refractivity contribution in [3.05, 3.63) is 36.4 Å². The maximum Gasteiger partial charge on any atom is 0.0367 e. The van der Waals surface area contributed by atoms with Gasteiger partial charge in [-0.25, -0.2) is 0 Å². The lowest BCUT2D eigenvalue weighted by Gasteiger charge is -2.27. The molecule has 2 aliphatic carbocycles. The van der Waals surface area contributed by atoms with Crippen LogP contribution >= 0.6 is 0 Å². The van der Waals surface area contributed by atoms with E-state index < -0.39 is 0 Å². The molecule has 1 N–H and O–H groups in total. The fraction of sp³-hybridized carbons (Fsp3) is 0.579. The topological polar surface area (TPSA) is 15.3 Å². The molecule has 0 heterocycles. The summed E-state index contributed by atoms with van der Waals surface area (Å²) < 4.78 is 0. The second-order valence-corrected chi connectivity index (χ2v) is 6.60. The third-order valence-electron chi connectivity index (χ3n) is 5.36. The third-order valence-corrected chi connectivity index (χ3v) is 5.36. The van der Waals surface area contributed by atoms with Crippen LogP contribution in [0.4, 0.5) is 11.4 Å². The third kappa shape index (κ3) is 2.95. The summed E-state index contributed by atoms with van der Waals surface area (Å²) in [4.78, 5) is 2.38. The molecule has 0 spiro atoms. The van der Waals surface area contributed by atoms with Crippen LogP contribution in [0.2, 0.25) is 0 Å². The predicted octanol–water partition coefficient (Wildman–Crippen LogP) is 4.55. The van der Waals surface area contributed by atoms with Gasteiger partial charge >= 0.3 is 0 Å². The van der Waals surface area contributed by atoms with Crippen molar-refractivity contribution in [1.29, 1.82) is 0 Å². The van der Waals surface area contributed by atoms with Crippen LogP contribution in [-0.2, 0) is 0 Å². The van der Waals surface area contributed by atoms with Crippen LogP contribution in [0.5, 0.6) is 0 Å². The minimum atomic E-state index is 0.559. The fourth-order valence-corrected chi connectivity index (χ4v) is 4.13. The molecule has 114 valence electrons. The van der Waals surface area contributed by atoms with Gasteiger partial charge in [-0.2, -0.15) is 0 Å². The SMILES string of the molecule is CCN(CC)c1ccc(NC(C)C2CC3C=CC2C3)cc1. The van der Waals surface area contributed by atoms with E-state index >= 15 is 0 Å². The van der Waals surface area contributed by atoms with E-state index in [4.69, 9.17) is 0 Å². The molecule has 2 bridgehead atoms. The maximum absolute atomic E-state index is 3.72. The zero-order valence-corrected chi connectivity index (χ0v) is 13.5. The number of fused-ring (bicyclic) bond motifs is 2. The average Bonchev–Trinajstić information content (AvgIpc) is 3.13. The standard InChI is InChI=1S/C19H28N2/c1-4-21(5-2)18-10-8-17(9-11-18)20-14(3)19-13-15-6-7-16(19)12-15/h6-11,14-16,19-20H,4-5,12-13H2,1-3H3. The first-order chi connectivity index (χ1) is 10.2. The summed E-state index contributed by atoms with van der Waals surface area (Å²) in [5.41, 5.74) is 2.58. The van der Waals surface area contributed by atoms with Crippen molar-refractivity contribution in [2.75, 3.05) is 23.3 Å². The van der Waals surface area contributed by atoms with E-state index in [1.165, 1.54) is 24.2 Å². The molecule has 4 unspecified atom stereocenters. The Hall–Kier alpha value is -1.44. The summed E-state index contributed by atoms with van der Waals surface area (Å²) in [6, 6.07) is 9.50. The van der Waals surface area contributed by atoms with Crippen molar-refractivity contribution in [1.82, 2.24) is 0 Å². The van der Waals surface area contributed by atoms with E-state index in [1.54, 1.807) is 0 Å². The normalized spacial score (nSPS) is 27.9. The molecule has 1 aromatic carbocycles. The molecular weight excluding hydrogens is 256 g/mol. The Morgan fingerprint density at radius 2 is 1.81 bits per heavy atom. The molecule has 4 atom stereocenters. The van der Waals surface area contributed by atoms with Gasteiger partial charge in [0.15, 0.2) is 0 Å². The Balaban J connectivity index is 1.61. The molecule has 3 rings (SSSR count). The van der Waals surface area contributed by atoms with Gasteiger partial charge in [0.1, 0.15) is 0 Å². The van der Waals surface area contributed by atoms with Crippen molar-refractivity contribution in [2.24, 2.45) is 17.8 Å². The van der Waals surface area contributed by atoms with Crippen molar-refractivity contribution < 1.29 is 0 Å². The van der Waals surface area contributed by atoms with Crippen LogP contribution < -0.4 is 10.2 Å². The Bertz CT molecular complexity index is 487. The summed E-state index contributed by atoms with van der Waals surface area (Å²) >= 11 is 0. The maximum atomic E-state index is 3.72. The molecular formula is C19H28N2. The molecule has 0 radical (unpaired) electrons. The monoisotopic (exact) mass is 284 g/mol. The number of allylic oxidation sites excluding steroid dienone is 2. The zero-order chi connectivity index (χ0) is 14.8. The molecule has 0 saturated heterocycles. The number of nitrogens with one attached hydrogen (secondary N) is 1. The van der Waals surface area contributed by atoms with Gasteiger partial charge in [-0.3, -0.25) is 0 Å². The number of anilines is 2. The Morgan fingerprint density at radius 3 is 2.33 bits per heavy atom. The molecule has 2 heteroatoms. The molecule has 21 heavy (non-hydrogen) atoms. The highest BCUT2D eigenvalue weighted by molar-refractivity contribution is 5.55. The minimum absolute atomic E-state index is 0.559. The number of benzene rings is 1. The van der Waals surface area contributed by atoms with Gasteiger partial charge in [-0.1, -0.05) is 12.2 Å². The van der Waals surface area contributed by atoms with E-state index in [-0.39, 0.29) is 0 Å². The van der Waals surface area contributed by atoms with Gasteiger partial charge in [0.2, 0.25) is 0 Å². The minimum Gasteiger partial charge on any atom is -0.382 e. The van der Waals surface area contributed by atoms with Crippen LogP contribution in [0.1, 0.15) is 33.6 Å². The van der Waals surface area contributed by atoms with E-state index in [9.17, 15) is 0 Å². The lowest BCUT2D eigenvalue weighted by atomic mass is 9.87. The first-order valence-corrected chi connectivity index (χ1v) is 8.51. The first-order valence-electron chi connectivity index (χ1n) is 8.51. The molecule has 1 saturated carbocycles. The summed E-state index contributed by atoms with van der Waals surface area (Å²) in [7, 11) is 0. The van der Waals surface area contributed by atoms with Crippen LogP contribution in [0.25, 0.3) is 0 Å². The quantitative estimate of drug-likeness (QED) is 0.771. The van der Waals surface area contributed by atoms with Gasteiger partial charge < -0.3 is 10.2 Å². The molecule has 1 aromatic rings. The Kier molecular flexibility index (Phi) is 4.23. The van der Waals surface area contributed by atoms with Crippen molar-refractivity contribution >= 4 is 11.4 Å². The lowest BCUT2D eigenvalue weighted by molar-refractivity contribution is 0.400. The summed E-state index contributed by atoms with van der Waals surface area (Å²) in [6.07, 6.45) is 7.62. The van der Waals surface area contributed by atoms with E-state index in [0.29, 0.717) is 6.04 Å². The van der Waals surface area contributed by atoms with Gasteiger partial charge in [0, 0.05) is 30.5 Å². The summed E-state index contributed by atoms with van der Waals surface area (Å²) in [6.45, 7) is 8.90. The van der Waals surface area contributed by atoms with Gasteiger partial charge in [-0.15, -0.1) is 0 Å². The van der Waals surface area contributed by atoms with Crippen molar-refractivity contribution in [2.45, 2.75) is 39.7 Å². The second kappa shape index (κ2) is 6.13. The molecule has 2 aliphatic rings. The largest absolute Gasteiger partial charge is 0.382 e. The first kappa shape index (κ1) is 14.5. The summed E-state index contributed by atoms with van der Waals surface area (Å²) in [5.74, 6) is 2.48. The molecule has 1 fully saturated rings. The van der Waals surface area contributed by atoms with Gasteiger partial charge in [-0.05, 0) is 75.6 Å². The molecule has 0 amide bonds. The highest BCUT2D eigenvalue weighted by Gasteiger charge is 2.38. The number of hydrogen-bond donors (Lipinski definition) is 1. The van der Waals surface area contributed by atoms with Crippen LogP contribution in [0.15, 0.2) is 36.4 Å². The Morgan fingerprint density at radius 1 is 1.10 bits per heavy atom. The van der Waals surface area contributed by atoms with Crippen molar-refractivity contribution in [3.63, 3.8) is 0 Å². The van der Waals surface area contributed by atoms with E-state index in [2.05, 4.69) is 67.4 Å². The number of nitrogens with zero attached hydrogens (tertiary/aromatic N) is 1. The lowest BCUT2D eigenvalue weighted by Crippen LogP contribution is -2.28. The van der Waals surface area contributed by atoms with Crippen LogP contribution in [0, 0.1) is 17.8 Å². The highest BCUT2D eigenvalue weighted by Crippen LogP contribution is 2.45. The second-order valence-electron chi connectivity index (χ2n) is 6.60. The molecule has 2 nitrogen and oxygen atoms in total. The number of hydrogen-bond acceptors (Lipinski definition) is 2. The molecule has 0 aliphatic heterocycles. The van der Waals surface area contributed by atoms with Crippen LogP contribution in [0.3, 0.4) is 0 Å². The fourth-order valence-electron chi connectivity index (χ4n) is 4.13. The smallest absolute Gasteiger partial charge is 0.0367 e. The van der Waals surface area contributed by atoms with E-state index in [0.717, 1.165) is 30.8 Å². The number of rotatable bonds is 6. The summed E-state index contributed by atoms with van der Waals surface area (Å²) in [5, 5.41) is 3.72. The Labute approximate surface area is 129 Å². The average molecular weight is 284 g/mol. The molecule has 0 aromatic heterocycles. The van der Waals surface area contributed by atoms with E-state index in [1.807, 2.05) is 0 Å². The predicted molar refractivity (Wildman–Crippen MR) is 91.9 cm³/mol. The van der Waals surface area contributed by atoms with Gasteiger partial charge in [0.05, 0.1) is 0 Å². The van der Waals surface area contributed by atoms with Crippen molar-refractivity contribution in [3.8, 4) is 0 Å². The van der Waals surface area contributed by atoms with Crippen LogP contribution in [-0.4, -0.2) is 19.1 Å². The highest BCUT2D eigenvalue weighted by atomic mass is 15.1.